The molecule has 0 aliphatic rings. The lowest BCUT2D eigenvalue weighted by Crippen LogP contribution is -1.98. The second kappa shape index (κ2) is 3.91. The SMILES string of the molecule is C=Cc1cccc(CON)c1. The Balaban J connectivity index is 2.82. The Kier molecular flexibility index (Phi) is 2.83. The van der Waals surface area contributed by atoms with Crippen molar-refractivity contribution in [1.29, 1.82) is 0 Å². The summed E-state index contributed by atoms with van der Waals surface area (Å²) in [6, 6.07) is 7.87. The van der Waals surface area contributed by atoms with Crippen LogP contribution in [0.1, 0.15) is 11.1 Å². The summed E-state index contributed by atoms with van der Waals surface area (Å²) in [5, 5.41) is 0. The maximum absolute atomic E-state index is 4.93. The van der Waals surface area contributed by atoms with Gasteiger partial charge >= 0.3 is 0 Å². The summed E-state index contributed by atoms with van der Waals surface area (Å²) >= 11 is 0. The zero-order valence-corrected chi connectivity index (χ0v) is 6.29. The highest BCUT2D eigenvalue weighted by molar-refractivity contribution is 5.47. The Labute approximate surface area is 66.2 Å². The highest BCUT2D eigenvalue weighted by Gasteiger charge is 1.91. The van der Waals surface area contributed by atoms with Crippen LogP contribution in [-0.2, 0) is 11.4 Å². The Morgan fingerprint density at radius 2 is 2.36 bits per heavy atom. The van der Waals surface area contributed by atoms with E-state index in [0.29, 0.717) is 6.61 Å². The van der Waals surface area contributed by atoms with Gasteiger partial charge in [-0.15, -0.1) is 0 Å². The summed E-state index contributed by atoms with van der Waals surface area (Å²) in [6.45, 7) is 4.11. The highest BCUT2D eigenvalue weighted by Crippen LogP contribution is 2.06. The second-order valence-electron chi connectivity index (χ2n) is 2.26. The molecule has 0 bridgehead atoms. The lowest BCUT2D eigenvalue weighted by Gasteiger charge is -1.99. The highest BCUT2D eigenvalue weighted by atomic mass is 16.6. The fourth-order valence-electron chi connectivity index (χ4n) is 0.906. The zero-order chi connectivity index (χ0) is 8.10. The maximum Gasteiger partial charge on any atom is 0.0930 e. The Hall–Kier alpha value is -1.12. The summed E-state index contributed by atoms with van der Waals surface area (Å²) < 4.78 is 0. The van der Waals surface area contributed by atoms with Gasteiger partial charge in [0.2, 0.25) is 0 Å². The Bertz CT molecular complexity index is 245. The van der Waals surface area contributed by atoms with Gasteiger partial charge in [0.05, 0.1) is 6.61 Å². The first-order valence-electron chi connectivity index (χ1n) is 3.40. The fourth-order valence-corrected chi connectivity index (χ4v) is 0.906. The van der Waals surface area contributed by atoms with Gasteiger partial charge in [0.15, 0.2) is 0 Å². The molecule has 1 aromatic carbocycles. The van der Waals surface area contributed by atoms with E-state index in [9.17, 15) is 0 Å². The molecule has 0 saturated heterocycles. The van der Waals surface area contributed by atoms with E-state index in [1.54, 1.807) is 6.08 Å². The van der Waals surface area contributed by atoms with E-state index in [2.05, 4.69) is 11.4 Å². The number of nitrogens with two attached hydrogens (primary N) is 1. The summed E-state index contributed by atoms with van der Waals surface area (Å²) in [4.78, 5) is 4.49. The molecule has 58 valence electrons. The molecule has 2 N–H and O–H groups in total. The summed E-state index contributed by atoms with van der Waals surface area (Å²) in [5.74, 6) is 4.93. The summed E-state index contributed by atoms with van der Waals surface area (Å²) in [5.41, 5.74) is 2.14. The third-order valence-electron chi connectivity index (χ3n) is 1.44. The second-order valence-corrected chi connectivity index (χ2v) is 2.26. The standard InChI is InChI=1S/C9H11NO/c1-2-8-4-3-5-9(6-8)7-11-10/h2-6H,1,7,10H2. The molecule has 0 heterocycles. The third-order valence-corrected chi connectivity index (χ3v) is 1.44. The molecule has 0 saturated carbocycles. The van der Waals surface area contributed by atoms with E-state index in [0.717, 1.165) is 11.1 Å². The van der Waals surface area contributed by atoms with Crippen LogP contribution < -0.4 is 5.90 Å². The predicted molar refractivity (Wildman–Crippen MR) is 45.5 cm³/mol. The molecule has 0 aromatic heterocycles. The summed E-state index contributed by atoms with van der Waals surface area (Å²) in [6.07, 6.45) is 1.79. The quantitative estimate of drug-likeness (QED) is 0.664. The lowest BCUT2D eigenvalue weighted by molar-refractivity contribution is 0.124. The largest absolute Gasteiger partial charge is 0.300 e. The van der Waals surface area contributed by atoms with Crippen LogP contribution in [0, 0.1) is 0 Å². The van der Waals surface area contributed by atoms with Crippen molar-refractivity contribution in [3.05, 3.63) is 42.0 Å². The van der Waals surface area contributed by atoms with Crippen LogP contribution in [-0.4, -0.2) is 0 Å². The van der Waals surface area contributed by atoms with Crippen LogP contribution in [0.15, 0.2) is 30.8 Å². The lowest BCUT2D eigenvalue weighted by atomic mass is 10.1. The number of rotatable bonds is 3. The van der Waals surface area contributed by atoms with Crippen molar-refractivity contribution in [2.45, 2.75) is 6.61 Å². The zero-order valence-electron chi connectivity index (χ0n) is 6.29. The van der Waals surface area contributed by atoms with Gasteiger partial charge in [0.25, 0.3) is 0 Å². The molecular formula is C9H11NO. The first-order valence-corrected chi connectivity index (χ1v) is 3.40. The first kappa shape index (κ1) is 7.98. The van der Waals surface area contributed by atoms with E-state index in [4.69, 9.17) is 5.90 Å². The fraction of sp³-hybridized carbons (Fsp3) is 0.111. The molecular weight excluding hydrogens is 138 g/mol. The minimum absolute atomic E-state index is 0.446. The molecule has 1 aromatic rings. The molecule has 0 aliphatic heterocycles. The van der Waals surface area contributed by atoms with Crippen LogP contribution in [0.2, 0.25) is 0 Å². The van der Waals surface area contributed by atoms with Gasteiger partial charge in [-0.05, 0) is 17.2 Å². The normalized spacial score (nSPS) is 9.55. The molecule has 0 radical (unpaired) electrons. The number of benzene rings is 1. The van der Waals surface area contributed by atoms with Crippen molar-refractivity contribution >= 4 is 6.08 Å². The van der Waals surface area contributed by atoms with Crippen molar-refractivity contribution in [2.24, 2.45) is 5.90 Å². The molecule has 0 amide bonds. The minimum atomic E-state index is 0.446. The molecule has 0 atom stereocenters. The van der Waals surface area contributed by atoms with Gasteiger partial charge < -0.3 is 0 Å². The van der Waals surface area contributed by atoms with Crippen LogP contribution in [0.3, 0.4) is 0 Å². The topological polar surface area (TPSA) is 35.2 Å². The van der Waals surface area contributed by atoms with Gasteiger partial charge in [-0.3, -0.25) is 4.84 Å². The molecule has 2 heteroatoms. The van der Waals surface area contributed by atoms with Crippen molar-refractivity contribution in [1.82, 2.24) is 0 Å². The summed E-state index contributed by atoms with van der Waals surface area (Å²) in [7, 11) is 0. The van der Waals surface area contributed by atoms with Crippen LogP contribution in [0.25, 0.3) is 6.08 Å². The Morgan fingerprint density at radius 3 is 3.00 bits per heavy atom. The molecule has 0 unspecified atom stereocenters. The minimum Gasteiger partial charge on any atom is -0.300 e. The maximum atomic E-state index is 4.93. The smallest absolute Gasteiger partial charge is 0.0930 e. The van der Waals surface area contributed by atoms with Gasteiger partial charge in [-0.1, -0.05) is 30.9 Å². The van der Waals surface area contributed by atoms with Crippen molar-refractivity contribution in [3.8, 4) is 0 Å². The molecule has 0 aliphatic carbocycles. The van der Waals surface area contributed by atoms with E-state index in [-0.39, 0.29) is 0 Å². The predicted octanol–water partition coefficient (Wildman–Crippen LogP) is 1.72. The monoisotopic (exact) mass is 149 g/mol. The van der Waals surface area contributed by atoms with Crippen LogP contribution in [0.5, 0.6) is 0 Å². The van der Waals surface area contributed by atoms with Crippen LogP contribution >= 0.6 is 0 Å². The molecule has 0 fully saturated rings. The van der Waals surface area contributed by atoms with E-state index in [1.807, 2.05) is 24.3 Å². The average Bonchev–Trinajstić information content (AvgIpc) is 2.06. The van der Waals surface area contributed by atoms with E-state index >= 15 is 0 Å². The molecule has 11 heavy (non-hydrogen) atoms. The first-order chi connectivity index (χ1) is 5.36. The molecule has 2 nitrogen and oxygen atoms in total. The van der Waals surface area contributed by atoms with Gasteiger partial charge in [0, 0.05) is 0 Å². The van der Waals surface area contributed by atoms with Crippen molar-refractivity contribution < 1.29 is 4.84 Å². The van der Waals surface area contributed by atoms with Gasteiger partial charge in [-0.25, -0.2) is 5.90 Å². The van der Waals surface area contributed by atoms with E-state index < -0.39 is 0 Å². The average molecular weight is 149 g/mol. The third kappa shape index (κ3) is 2.18. The molecule has 0 spiro atoms. The van der Waals surface area contributed by atoms with Gasteiger partial charge in [-0.2, -0.15) is 0 Å². The van der Waals surface area contributed by atoms with Crippen molar-refractivity contribution in [3.63, 3.8) is 0 Å². The molecule has 1 rings (SSSR count). The van der Waals surface area contributed by atoms with Crippen molar-refractivity contribution in [2.75, 3.05) is 0 Å². The van der Waals surface area contributed by atoms with E-state index in [1.165, 1.54) is 0 Å². The Morgan fingerprint density at radius 1 is 1.55 bits per heavy atom. The van der Waals surface area contributed by atoms with Crippen LogP contribution in [0.4, 0.5) is 0 Å². The number of hydrogen-bond acceptors (Lipinski definition) is 2. The van der Waals surface area contributed by atoms with Gasteiger partial charge in [0.1, 0.15) is 0 Å². The number of hydrogen-bond donors (Lipinski definition) is 1.